The number of benzene rings is 1. The van der Waals surface area contributed by atoms with Crippen LogP contribution in [0.2, 0.25) is 0 Å². The highest BCUT2D eigenvalue weighted by atomic mass is 16.5. The van der Waals surface area contributed by atoms with Gasteiger partial charge in [-0.1, -0.05) is 24.3 Å². The summed E-state index contributed by atoms with van der Waals surface area (Å²) in [6, 6.07) is 5.41. The van der Waals surface area contributed by atoms with Crippen LogP contribution in [0.4, 0.5) is 0 Å². The molecule has 3 nitrogen and oxygen atoms in total. The standard InChI is InChI=1S/C12H10O3/c13-12(14)8-9-4-5-10-3-1-2-6-15-11(10)7-9/h1-7H,8H2,(H,13,14). The highest BCUT2D eigenvalue weighted by Crippen LogP contribution is 2.24. The minimum atomic E-state index is -0.838. The largest absolute Gasteiger partial charge is 0.481 e. The molecule has 0 bridgehead atoms. The Bertz CT molecular complexity index is 444. The second kappa shape index (κ2) is 4.00. The minimum Gasteiger partial charge on any atom is -0.481 e. The average Bonchev–Trinajstić information content (AvgIpc) is 2.41. The van der Waals surface area contributed by atoms with Crippen molar-refractivity contribution < 1.29 is 14.6 Å². The average molecular weight is 202 g/mol. The topological polar surface area (TPSA) is 46.5 Å². The molecular formula is C12H10O3. The smallest absolute Gasteiger partial charge is 0.307 e. The lowest BCUT2D eigenvalue weighted by atomic mass is 10.1. The summed E-state index contributed by atoms with van der Waals surface area (Å²) in [6.45, 7) is 0. The number of hydrogen-bond donors (Lipinski definition) is 1. The lowest BCUT2D eigenvalue weighted by Gasteiger charge is -2.05. The van der Waals surface area contributed by atoms with Gasteiger partial charge in [0.05, 0.1) is 12.7 Å². The van der Waals surface area contributed by atoms with Crippen LogP contribution < -0.4 is 4.74 Å². The highest BCUT2D eigenvalue weighted by molar-refractivity contribution is 5.71. The zero-order valence-electron chi connectivity index (χ0n) is 8.01. The Kier molecular flexibility index (Phi) is 2.54. The summed E-state index contributed by atoms with van der Waals surface area (Å²) >= 11 is 0. The summed E-state index contributed by atoms with van der Waals surface area (Å²) in [5, 5.41) is 8.66. The van der Waals surface area contributed by atoms with E-state index in [0.29, 0.717) is 5.75 Å². The number of allylic oxidation sites excluding steroid dienone is 2. The van der Waals surface area contributed by atoms with E-state index in [1.165, 1.54) is 0 Å². The maximum atomic E-state index is 10.5. The first-order valence-corrected chi connectivity index (χ1v) is 4.60. The predicted octanol–water partition coefficient (Wildman–Crippen LogP) is 2.23. The number of carboxylic acid groups (broad SMARTS) is 1. The fourth-order valence-corrected chi connectivity index (χ4v) is 1.42. The van der Waals surface area contributed by atoms with E-state index < -0.39 is 5.97 Å². The molecule has 1 aromatic rings. The summed E-state index contributed by atoms with van der Waals surface area (Å²) in [7, 11) is 0. The number of ether oxygens (including phenoxy) is 1. The first kappa shape index (κ1) is 9.52. The minimum absolute atomic E-state index is 0.0179. The molecule has 1 heterocycles. The molecule has 0 fully saturated rings. The summed E-state index contributed by atoms with van der Waals surface area (Å²) in [4.78, 5) is 10.5. The van der Waals surface area contributed by atoms with Gasteiger partial charge in [-0.25, -0.2) is 0 Å². The molecule has 0 atom stereocenters. The number of carbonyl (C=O) groups is 1. The van der Waals surface area contributed by atoms with Crippen LogP contribution in [0.25, 0.3) is 6.08 Å². The van der Waals surface area contributed by atoms with Crippen LogP contribution in [0, 0.1) is 0 Å². The van der Waals surface area contributed by atoms with E-state index >= 15 is 0 Å². The molecule has 0 spiro atoms. The van der Waals surface area contributed by atoms with Gasteiger partial charge in [0.2, 0.25) is 0 Å². The molecule has 2 rings (SSSR count). The summed E-state index contributed by atoms with van der Waals surface area (Å²) in [5.41, 5.74) is 1.69. The van der Waals surface area contributed by atoms with Crippen molar-refractivity contribution in [1.29, 1.82) is 0 Å². The van der Waals surface area contributed by atoms with Crippen molar-refractivity contribution in [3.05, 3.63) is 47.7 Å². The van der Waals surface area contributed by atoms with Crippen LogP contribution in [0.15, 0.2) is 36.6 Å². The van der Waals surface area contributed by atoms with Crippen LogP contribution in [-0.2, 0) is 11.2 Å². The number of carboxylic acids is 1. The van der Waals surface area contributed by atoms with Crippen molar-refractivity contribution >= 4 is 12.0 Å². The number of hydrogen-bond acceptors (Lipinski definition) is 2. The number of fused-ring (bicyclic) bond motifs is 1. The molecule has 1 aliphatic heterocycles. The maximum Gasteiger partial charge on any atom is 0.307 e. The van der Waals surface area contributed by atoms with Gasteiger partial charge in [0, 0.05) is 5.56 Å². The van der Waals surface area contributed by atoms with E-state index in [4.69, 9.17) is 9.84 Å². The Labute approximate surface area is 87.3 Å². The molecule has 0 amide bonds. The SMILES string of the molecule is O=C(O)Cc1ccc2c(c1)OC=CC=C2. The predicted molar refractivity (Wildman–Crippen MR) is 56.6 cm³/mol. The zero-order valence-corrected chi connectivity index (χ0v) is 8.01. The van der Waals surface area contributed by atoms with Gasteiger partial charge in [0.25, 0.3) is 0 Å². The van der Waals surface area contributed by atoms with Crippen molar-refractivity contribution in [3.8, 4) is 5.75 Å². The third-order valence-electron chi connectivity index (χ3n) is 2.09. The molecular weight excluding hydrogens is 192 g/mol. The van der Waals surface area contributed by atoms with Crippen LogP contribution in [0.1, 0.15) is 11.1 Å². The third kappa shape index (κ3) is 2.26. The second-order valence-electron chi connectivity index (χ2n) is 3.25. The Balaban J connectivity index is 2.33. The van der Waals surface area contributed by atoms with E-state index in [1.54, 1.807) is 24.5 Å². The molecule has 3 heteroatoms. The molecule has 0 unspecified atom stereocenters. The van der Waals surface area contributed by atoms with Crippen molar-refractivity contribution in [2.75, 3.05) is 0 Å². The first-order valence-electron chi connectivity index (χ1n) is 4.60. The molecule has 15 heavy (non-hydrogen) atoms. The summed E-state index contributed by atoms with van der Waals surface area (Å²) < 4.78 is 5.33. The first-order chi connectivity index (χ1) is 7.25. The molecule has 1 aromatic carbocycles. The summed E-state index contributed by atoms with van der Waals surface area (Å²) in [5.74, 6) is -0.145. The molecule has 0 saturated heterocycles. The molecule has 76 valence electrons. The molecule has 1 aliphatic rings. The molecule has 0 aliphatic carbocycles. The van der Waals surface area contributed by atoms with Crippen LogP contribution in [-0.4, -0.2) is 11.1 Å². The van der Waals surface area contributed by atoms with Crippen LogP contribution in [0.3, 0.4) is 0 Å². The normalized spacial score (nSPS) is 12.8. The van der Waals surface area contributed by atoms with Gasteiger partial charge >= 0.3 is 5.97 Å². The molecule has 0 aromatic heterocycles. The molecule has 1 N–H and O–H groups in total. The van der Waals surface area contributed by atoms with E-state index in [9.17, 15) is 4.79 Å². The van der Waals surface area contributed by atoms with Gasteiger partial charge < -0.3 is 9.84 Å². The second-order valence-corrected chi connectivity index (χ2v) is 3.25. The monoisotopic (exact) mass is 202 g/mol. The lowest BCUT2D eigenvalue weighted by Crippen LogP contribution is -2.00. The highest BCUT2D eigenvalue weighted by Gasteiger charge is 2.06. The van der Waals surface area contributed by atoms with Gasteiger partial charge in [-0.2, -0.15) is 0 Å². The lowest BCUT2D eigenvalue weighted by molar-refractivity contribution is -0.136. The maximum absolute atomic E-state index is 10.5. The van der Waals surface area contributed by atoms with Crippen molar-refractivity contribution in [3.63, 3.8) is 0 Å². The van der Waals surface area contributed by atoms with E-state index in [-0.39, 0.29) is 6.42 Å². The fourth-order valence-electron chi connectivity index (χ4n) is 1.42. The quantitative estimate of drug-likeness (QED) is 0.799. The van der Waals surface area contributed by atoms with E-state index in [0.717, 1.165) is 11.1 Å². The Morgan fingerprint density at radius 1 is 1.33 bits per heavy atom. The Hall–Kier alpha value is -2.03. The van der Waals surface area contributed by atoms with Crippen molar-refractivity contribution in [2.45, 2.75) is 6.42 Å². The third-order valence-corrected chi connectivity index (χ3v) is 2.09. The fraction of sp³-hybridized carbons (Fsp3) is 0.0833. The van der Waals surface area contributed by atoms with Crippen molar-refractivity contribution in [1.82, 2.24) is 0 Å². The number of rotatable bonds is 2. The molecule has 0 radical (unpaired) electrons. The van der Waals surface area contributed by atoms with Crippen LogP contribution >= 0.6 is 0 Å². The van der Waals surface area contributed by atoms with E-state index in [2.05, 4.69) is 0 Å². The zero-order chi connectivity index (χ0) is 10.7. The Morgan fingerprint density at radius 2 is 2.20 bits per heavy atom. The van der Waals surface area contributed by atoms with Gasteiger partial charge in [-0.3, -0.25) is 4.79 Å². The Morgan fingerprint density at radius 3 is 3.00 bits per heavy atom. The summed E-state index contributed by atoms with van der Waals surface area (Å²) in [6.07, 6.45) is 7.18. The van der Waals surface area contributed by atoms with Crippen LogP contribution in [0.5, 0.6) is 5.75 Å². The number of aliphatic carboxylic acids is 1. The molecule has 0 saturated carbocycles. The van der Waals surface area contributed by atoms with E-state index in [1.807, 2.05) is 18.2 Å². The van der Waals surface area contributed by atoms with Gasteiger partial charge in [-0.05, 0) is 17.7 Å². The van der Waals surface area contributed by atoms with Crippen molar-refractivity contribution in [2.24, 2.45) is 0 Å². The van der Waals surface area contributed by atoms with Gasteiger partial charge in [-0.15, -0.1) is 0 Å². The van der Waals surface area contributed by atoms with Gasteiger partial charge in [0.1, 0.15) is 5.75 Å². The van der Waals surface area contributed by atoms with Gasteiger partial charge in [0.15, 0.2) is 0 Å².